The number of amides is 1. The first-order valence-corrected chi connectivity index (χ1v) is 10.3. The van der Waals surface area contributed by atoms with Crippen molar-refractivity contribution in [1.29, 1.82) is 0 Å². The molecule has 0 aliphatic heterocycles. The molecule has 7 heteroatoms. The number of nitrogens with one attached hydrogen (secondary N) is 1. The monoisotopic (exact) mass is 439 g/mol. The van der Waals surface area contributed by atoms with Gasteiger partial charge in [-0.1, -0.05) is 36.4 Å². The summed E-state index contributed by atoms with van der Waals surface area (Å²) in [4.78, 5) is 30.1. The average molecular weight is 439 g/mol. The van der Waals surface area contributed by atoms with Gasteiger partial charge in [-0.05, 0) is 48.5 Å². The van der Waals surface area contributed by atoms with E-state index in [1.807, 2.05) is 24.3 Å². The summed E-state index contributed by atoms with van der Waals surface area (Å²) in [6.45, 7) is -0.0463. The number of halogens is 1. The van der Waals surface area contributed by atoms with Crippen LogP contribution in [0.25, 0.3) is 21.8 Å². The van der Waals surface area contributed by atoms with E-state index in [0.29, 0.717) is 27.5 Å². The number of ether oxygens (including phenoxy) is 1. The maximum atomic E-state index is 14.0. The Morgan fingerprint density at radius 3 is 2.21 bits per heavy atom. The van der Waals surface area contributed by atoms with Crippen LogP contribution in [-0.2, 0) is 11.3 Å². The van der Waals surface area contributed by atoms with Gasteiger partial charge in [0.25, 0.3) is 0 Å². The molecule has 6 nitrogen and oxygen atoms in total. The van der Waals surface area contributed by atoms with Crippen molar-refractivity contribution < 1.29 is 13.9 Å². The van der Waals surface area contributed by atoms with E-state index in [4.69, 9.17) is 4.74 Å². The standard InChI is InChI=1S/C26H18FN3O3/c27-19-10-3-6-14-23(19)33-26-20(11-7-15-28-26)29-24(31)16-30-21-12-4-1-8-17(21)25(32)18-9-2-5-13-22(18)30/h1-15H,16H2,(H,29,31). The molecule has 0 fully saturated rings. The number of para-hydroxylation sites is 3. The molecule has 3 aromatic carbocycles. The summed E-state index contributed by atoms with van der Waals surface area (Å²) in [5, 5.41) is 3.87. The zero-order valence-corrected chi connectivity index (χ0v) is 17.4. The fourth-order valence-corrected chi connectivity index (χ4v) is 3.78. The second-order valence-electron chi connectivity index (χ2n) is 7.39. The number of hydrogen-bond acceptors (Lipinski definition) is 4. The van der Waals surface area contributed by atoms with Crippen LogP contribution in [-0.4, -0.2) is 15.5 Å². The molecule has 162 valence electrons. The highest BCUT2D eigenvalue weighted by molar-refractivity contribution is 5.97. The molecule has 5 aromatic rings. The molecule has 1 N–H and O–H groups in total. The summed E-state index contributed by atoms with van der Waals surface area (Å²) in [6, 6.07) is 23.6. The molecule has 0 unspecified atom stereocenters. The van der Waals surface area contributed by atoms with Crippen molar-refractivity contribution in [3.8, 4) is 11.6 Å². The maximum absolute atomic E-state index is 14.0. The number of anilines is 1. The molecular formula is C26H18FN3O3. The lowest BCUT2D eigenvalue weighted by Crippen LogP contribution is -2.22. The van der Waals surface area contributed by atoms with E-state index in [2.05, 4.69) is 10.3 Å². The third-order valence-electron chi connectivity index (χ3n) is 5.27. The third-order valence-corrected chi connectivity index (χ3v) is 5.27. The van der Waals surface area contributed by atoms with Crippen molar-refractivity contribution in [2.45, 2.75) is 6.54 Å². The minimum absolute atomic E-state index is 0.00379. The summed E-state index contributed by atoms with van der Waals surface area (Å²) in [6.07, 6.45) is 1.49. The molecule has 0 radical (unpaired) electrons. The lowest BCUT2D eigenvalue weighted by molar-refractivity contribution is -0.116. The fraction of sp³-hybridized carbons (Fsp3) is 0.0385. The van der Waals surface area contributed by atoms with Gasteiger partial charge in [0.1, 0.15) is 12.2 Å². The first-order valence-electron chi connectivity index (χ1n) is 10.3. The second kappa shape index (κ2) is 8.55. The normalized spacial score (nSPS) is 10.9. The molecule has 1 amide bonds. The molecule has 5 rings (SSSR count). The van der Waals surface area contributed by atoms with E-state index in [1.165, 1.54) is 18.3 Å². The average Bonchev–Trinajstić information content (AvgIpc) is 2.84. The molecule has 0 saturated carbocycles. The number of aromatic nitrogens is 2. The topological polar surface area (TPSA) is 73.2 Å². The van der Waals surface area contributed by atoms with Crippen LogP contribution in [0.15, 0.2) is 95.9 Å². The summed E-state index contributed by atoms with van der Waals surface area (Å²) in [5.74, 6) is -0.804. The molecule has 2 heterocycles. The summed E-state index contributed by atoms with van der Waals surface area (Å²) < 4.78 is 21.4. The molecule has 0 spiro atoms. The van der Waals surface area contributed by atoms with Gasteiger partial charge in [-0.15, -0.1) is 0 Å². The van der Waals surface area contributed by atoms with Gasteiger partial charge in [0.15, 0.2) is 17.0 Å². The quantitative estimate of drug-likeness (QED) is 0.386. The minimum Gasteiger partial charge on any atom is -0.434 e. The number of carbonyl (C=O) groups excluding carboxylic acids is 1. The highest BCUT2D eigenvalue weighted by Crippen LogP contribution is 2.28. The van der Waals surface area contributed by atoms with Crippen LogP contribution in [0.3, 0.4) is 0 Å². The Morgan fingerprint density at radius 2 is 1.52 bits per heavy atom. The summed E-state index contributed by atoms with van der Waals surface area (Å²) >= 11 is 0. The van der Waals surface area contributed by atoms with Gasteiger partial charge >= 0.3 is 0 Å². The Kier molecular flexibility index (Phi) is 5.28. The molecular weight excluding hydrogens is 421 g/mol. The molecule has 0 bridgehead atoms. The largest absolute Gasteiger partial charge is 0.434 e. The van der Waals surface area contributed by atoms with Gasteiger partial charge in [0.05, 0.1) is 11.0 Å². The maximum Gasteiger partial charge on any atom is 0.244 e. The number of fused-ring (bicyclic) bond motifs is 2. The van der Waals surface area contributed by atoms with Crippen molar-refractivity contribution >= 4 is 33.4 Å². The van der Waals surface area contributed by atoms with Crippen LogP contribution < -0.4 is 15.5 Å². The molecule has 0 saturated heterocycles. The van der Waals surface area contributed by atoms with Crippen molar-refractivity contribution in [3.63, 3.8) is 0 Å². The van der Waals surface area contributed by atoms with E-state index in [0.717, 1.165) is 0 Å². The van der Waals surface area contributed by atoms with Crippen LogP contribution in [0.5, 0.6) is 11.6 Å². The van der Waals surface area contributed by atoms with Crippen LogP contribution in [0.4, 0.5) is 10.1 Å². The number of rotatable bonds is 5. The van der Waals surface area contributed by atoms with Crippen LogP contribution in [0.2, 0.25) is 0 Å². The van der Waals surface area contributed by atoms with Crippen LogP contribution in [0.1, 0.15) is 0 Å². The van der Waals surface area contributed by atoms with Crippen molar-refractivity contribution in [2.75, 3.05) is 5.32 Å². The number of benzene rings is 3. The number of nitrogens with zero attached hydrogens (tertiary/aromatic N) is 2. The third kappa shape index (κ3) is 3.92. The lowest BCUT2D eigenvalue weighted by atomic mass is 10.1. The number of carbonyl (C=O) groups is 1. The van der Waals surface area contributed by atoms with Gasteiger partial charge < -0.3 is 14.6 Å². The first kappa shape index (κ1) is 20.4. The molecule has 2 aromatic heterocycles. The zero-order chi connectivity index (χ0) is 22.8. The van der Waals surface area contributed by atoms with Crippen LogP contribution >= 0.6 is 0 Å². The molecule has 0 atom stereocenters. The highest BCUT2D eigenvalue weighted by Gasteiger charge is 2.15. The van der Waals surface area contributed by atoms with E-state index in [9.17, 15) is 14.0 Å². The second-order valence-corrected chi connectivity index (χ2v) is 7.39. The zero-order valence-electron chi connectivity index (χ0n) is 17.4. The van der Waals surface area contributed by atoms with E-state index in [-0.39, 0.29) is 29.5 Å². The summed E-state index contributed by atoms with van der Waals surface area (Å²) in [5.41, 5.74) is 1.54. The van der Waals surface area contributed by atoms with Gasteiger partial charge in [0, 0.05) is 17.0 Å². The fourth-order valence-electron chi connectivity index (χ4n) is 3.78. The highest BCUT2D eigenvalue weighted by atomic mass is 19.1. The van der Waals surface area contributed by atoms with Crippen molar-refractivity contribution in [2.24, 2.45) is 0 Å². The van der Waals surface area contributed by atoms with Gasteiger partial charge in [-0.2, -0.15) is 0 Å². The van der Waals surface area contributed by atoms with Crippen molar-refractivity contribution in [3.05, 3.63) is 107 Å². The minimum atomic E-state index is -0.536. The lowest BCUT2D eigenvalue weighted by Gasteiger charge is -2.16. The Balaban J connectivity index is 1.49. The van der Waals surface area contributed by atoms with Crippen molar-refractivity contribution in [1.82, 2.24) is 9.55 Å². The van der Waals surface area contributed by atoms with E-state index >= 15 is 0 Å². The number of pyridine rings is 2. The molecule has 0 aliphatic rings. The smallest absolute Gasteiger partial charge is 0.244 e. The van der Waals surface area contributed by atoms with Gasteiger partial charge in [-0.25, -0.2) is 9.37 Å². The predicted molar refractivity (Wildman–Crippen MR) is 125 cm³/mol. The Morgan fingerprint density at radius 1 is 0.879 bits per heavy atom. The Hall–Kier alpha value is -4.52. The first-order chi connectivity index (χ1) is 16.1. The Bertz CT molecular complexity index is 1500. The van der Waals surface area contributed by atoms with E-state index in [1.54, 1.807) is 53.1 Å². The predicted octanol–water partition coefficient (Wildman–Crippen LogP) is 5.12. The molecule has 0 aliphatic carbocycles. The van der Waals surface area contributed by atoms with Gasteiger partial charge in [-0.3, -0.25) is 9.59 Å². The van der Waals surface area contributed by atoms with Crippen LogP contribution in [0, 0.1) is 5.82 Å². The van der Waals surface area contributed by atoms with Gasteiger partial charge in [0.2, 0.25) is 11.8 Å². The Labute approximate surface area is 187 Å². The van der Waals surface area contributed by atoms with E-state index < -0.39 is 5.82 Å². The molecule has 33 heavy (non-hydrogen) atoms. The summed E-state index contributed by atoms with van der Waals surface area (Å²) in [7, 11) is 0. The SMILES string of the molecule is O=C(Cn1c2ccccc2c(=O)c2ccccc21)Nc1cccnc1Oc1ccccc1F. The number of hydrogen-bond donors (Lipinski definition) is 1.